The predicted molar refractivity (Wildman–Crippen MR) is 198 cm³/mol. The fraction of sp³-hybridized carbons (Fsp3) is 0.0833. The number of benzene rings is 4. The maximum Gasteiger partial charge on any atom is 0.248 e. The van der Waals surface area contributed by atoms with Crippen molar-refractivity contribution in [1.29, 1.82) is 0 Å². The number of likely N-dealkylation sites (N-methyl/N-ethyl adjacent to an activating group) is 1. The number of fused-ring (bicyclic) bond motifs is 1. The molecule has 2 aromatic heterocycles. The lowest BCUT2D eigenvalue weighted by molar-refractivity contribution is -0.111. The number of para-hydroxylation sites is 1. The zero-order chi connectivity index (χ0) is 32.6. The van der Waals surface area contributed by atoms with E-state index in [9.17, 15) is 4.79 Å². The molecular formula is C36H32ClN7OS2. The standard InChI is InChI=1S/C36H32ClN7OS2/c1-43(2)21-9-16-34(45)39-25-17-19-28(20-18-25)46-42-27-11-8-10-26(22-27)40-36-38-23-32(37)35(41-36)31-24-44(33-15-7-6-14-30(31)33)47-29-12-4-3-5-13-29/h3-20,22-24,42H,21H2,1-2H3,(H,39,45)(H,38,40,41)/b16-9+. The highest BCUT2D eigenvalue weighted by Crippen LogP contribution is 2.37. The third-order valence-electron chi connectivity index (χ3n) is 6.89. The molecule has 0 aliphatic carbocycles. The normalized spacial score (nSPS) is 11.3. The van der Waals surface area contributed by atoms with E-state index in [1.54, 1.807) is 24.2 Å². The summed E-state index contributed by atoms with van der Waals surface area (Å²) in [7, 11) is 3.91. The minimum Gasteiger partial charge on any atom is -0.326 e. The zero-order valence-corrected chi connectivity index (χ0v) is 28.1. The van der Waals surface area contributed by atoms with Crippen molar-refractivity contribution in [1.82, 2.24) is 18.8 Å². The van der Waals surface area contributed by atoms with Gasteiger partial charge in [0.15, 0.2) is 0 Å². The number of anilines is 4. The lowest BCUT2D eigenvalue weighted by Crippen LogP contribution is -2.12. The van der Waals surface area contributed by atoms with E-state index in [0.29, 0.717) is 23.2 Å². The van der Waals surface area contributed by atoms with E-state index >= 15 is 0 Å². The lowest BCUT2D eigenvalue weighted by Gasteiger charge is -2.11. The number of nitrogens with zero attached hydrogens (tertiary/aromatic N) is 4. The molecule has 3 N–H and O–H groups in total. The summed E-state index contributed by atoms with van der Waals surface area (Å²) in [5.41, 5.74) is 5.12. The second kappa shape index (κ2) is 15.2. The average Bonchev–Trinajstić information content (AvgIpc) is 3.43. The highest BCUT2D eigenvalue weighted by atomic mass is 35.5. The van der Waals surface area contributed by atoms with Gasteiger partial charge in [-0.3, -0.25) is 8.77 Å². The summed E-state index contributed by atoms with van der Waals surface area (Å²) in [6.45, 7) is 0.709. The van der Waals surface area contributed by atoms with Gasteiger partial charge in [0.05, 0.1) is 22.4 Å². The van der Waals surface area contributed by atoms with E-state index in [4.69, 9.17) is 16.6 Å². The van der Waals surface area contributed by atoms with Crippen molar-refractivity contribution in [2.45, 2.75) is 9.79 Å². The number of aromatic nitrogens is 3. The van der Waals surface area contributed by atoms with Crippen LogP contribution in [0.15, 0.2) is 137 Å². The van der Waals surface area contributed by atoms with Crippen molar-refractivity contribution >= 4 is 75.3 Å². The summed E-state index contributed by atoms with van der Waals surface area (Å²) >= 11 is 9.80. The number of carbonyl (C=O) groups is 1. The zero-order valence-electron chi connectivity index (χ0n) is 25.7. The first-order valence-electron chi connectivity index (χ1n) is 14.8. The Labute approximate surface area is 287 Å². The Morgan fingerprint density at radius 2 is 1.66 bits per heavy atom. The topological polar surface area (TPSA) is 87.1 Å². The van der Waals surface area contributed by atoms with E-state index in [1.165, 1.54) is 11.9 Å². The van der Waals surface area contributed by atoms with Crippen LogP contribution in [0.1, 0.15) is 0 Å². The molecule has 236 valence electrons. The van der Waals surface area contributed by atoms with Gasteiger partial charge < -0.3 is 20.3 Å². The first kappa shape index (κ1) is 32.2. The van der Waals surface area contributed by atoms with Crippen LogP contribution >= 0.6 is 35.5 Å². The minimum absolute atomic E-state index is 0.153. The van der Waals surface area contributed by atoms with Gasteiger partial charge in [-0.2, -0.15) is 0 Å². The van der Waals surface area contributed by atoms with Crippen LogP contribution in [0.5, 0.6) is 0 Å². The first-order valence-corrected chi connectivity index (χ1v) is 16.8. The van der Waals surface area contributed by atoms with Crippen LogP contribution in [0.3, 0.4) is 0 Å². The summed E-state index contributed by atoms with van der Waals surface area (Å²) in [5.74, 6) is 0.288. The summed E-state index contributed by atoms with van der Waals surface area (Å²) < 4.78 is 5.53. The minimum atomic E-state index is -0.153. The fourth-order valence-electron chi connectivity index (χ4n) is 4.69. The predicted octanol–water partition coefficient (Wildman–Crippen LogP) is 9.23. The SMILES string of the molecule is CN(C)C/C=C/C(=O)Nc1ccc(SNc2cccc(Nc3ncc(Cl)c(-c4cn(Sc5ccccc5)c5ccccc45)n3)c2)cc1. The molecule has 0 saturated carbocycles. The van der Waals surface area contributed by atoms with Gasteiger partial charge in [0, 0.05) is 56.6 Å². The Hall–Kier alpha value is -4.74. The van der Waals surface area contributed by atoms with Gasteiger partial charge in [-0.1, -0.05) is 60.1 Å². The molecule has 1 amide bonds. The van der Waals surface area contributed by atoms with Gasteiger partial charge >= 0.3 is 0 Å². The Balaban J connectivity index is 1.13. The van der Waals surface area contributed by atoms with Gasteiger partial charge in [0.2, 0.25) is 11.9 Å². The summed E-state index contributed by atoms with van der Waals surface area (Å²) in [6, 6.07) is 34.0. The van der Waals surface area contributed by atoms with E-state index in [0.717, 1.165) is 43.3 Å². The van der Waals surface area contributed by atoms with Crippen LogP contribution in [0, 0.1) is 0 Å². The van der Waals surface area contributed by atoms with Gasteiger partial charge in [-0.05, 0) is 98.7 Å². The molecule has 11 heteroatoms. The number of rotatable bonds is 12. The van der Waals surface area contributed by atoms with Crippen molar-refractivity contribution in [3.8, 4) is 11.3 Å². The molecule has 47 heavy (non-hydrogen) atoms. The number of amides is 1. The average molecular weight is 678 g/mol. The summed E-state index contributed by atoms with van der Waals surface area (Å²) in [5, 5.41) is 7.74. The molecule has 0 radical (unpaired) electrons. The van der Waals surface area contributed by atoms with Crippen LogP contribution in [0.25, 0.3) is 22.2 Å². The summed E-state index contributed by atoms with van der Waals surface area (Å²) in [6.07, 6.45) is 7.08. The second-order valence-electron chi connectivity index (χ2n) is 10.8. The van der Waals surface area contributed by atoms with Gasteiger partial charge in [0.25, 0.3) is 0 Å². The number of hydrogen-bond donors (Lipinski definition) is 3. The number of nitrogens with one attached hydrogen (secondary N) is 3. The van der Waals surface area contributed by atoms with E-state index in [1.807, 2.05) is 104 Å². The smallest absolute Gasteiger partial charge is 0.248 e. The maximum atomic E-state index is 12.1. The molecule has 0 unspecified atom stereocenters. The van der Waals surface area contributed by atoms with Crippen LogP contribution < -0.4 is 15.4 Å². The van der Waals surface area contributed by atoms with E-state index in [-0.39, 0.29) is 5.91 Å². The molecule has 0 spiro atoms. The first-order chi connectivity index (χ1) is 22.9. The van der Waals surface area contributed by atoms with Crippen LogP contribution in [-0.4, -0.2) is 45.4 Å². The Morgan fingerprint density at radius 1 is 0.894 bits per heavy atom. The Kier molecular flexibility index (Phi) is 10.4. The van der Waals surface area contributed by atoms with E-state index in [2.05, 4.69) is 54.8 Å². The molecule has 6 rings (SSSR count). The molecule has 8 nitrogen and oxygen atoms in total. The van der Waals surface area contributed by atoms with Crippen molar-refractivity contribution in [3.63, 3.8) is 0 Å². The van der Waals surface area contributed by atoms with Crippen molar-refractivity contribution < 1.29 is 4.79 Å². The maximum absolute atomic E-state index is 12.1. The monoisotopic (exact) mass is 677 g/mol. The molecule has 4 aromatic carbocycles. The molecule has 0 fully saturated rings. The number of hydrogen-bond acceptors (Lipinski definition) is 8. The molecule has 0 bridgehead atoms. The largest absolute Gasteiger partial charge is 0.326 e. The fourth-order valence-corrected chi connectivity index (χ4v) is 6.44. The van der Waals surface area contributed by atoms with Crippen LogP contribution in [0.2, 0.25) is 5.02 Å². The van der Waals surface area contributed by atoms with Crippen LogP contribution in [0.4, 0.5) is 23.0 Å². The van der Waals surface area contributed by atoms with Crippen molar-refractivity contribution in [3.05, 3.63) is 133 Å². The van der Waals surface area contributed by atoms with E-state index < -0.39 is 0 Å². The molecule has 0 atom stereocenters. The van der Waals surface area contributed by atoms with Crippen molar-refractivity contribution in [2.75, 3.05) is 36.0 Å². The molecule has 0 saturated heterocycles. The second-order valence-corrected chi connectivity index (χ2v) is 13.1. The molecule has 0 aliphatic rings. The van der Waals surface area contributed by atoms with Crippen LogP contribution in [-0.2, 0) is 4.79 Å². The molecular weight excluding hydrogens is 646 g/mol. The molecule has 2 heterocycles. The quantitative estimate of drug-likeness (QED) is 0.0873. The number of halogens is 1. The third-order valence-corrected chi connectivity index (χ3v) is 9.00. The van der Waals surface area contributed by atoms with Gasteiger partial charge in [-0.15, -0.1) is 0 Å². The Morgan fingerprint density at radius 3 is 2.47 bits per heavy atom. The number of carbonyl (C=O) groups excluding carboxylic acids is 1. The lowest BCUT2D eigenvalue weighted by atomic mass is 10.1. The highest BCUT2D eigenvalue weighted by Gasteiger charge is 2.16. The molecule has 6 aromatic rings. The van der Waals surface area contributed by atoms with Gasteiger partial charge in [-0.25, -0.2) is 9.97 Å². The van der Waals surface area contributed by atoms with Gasteiger partial charge in [0.1, 0.15) is 0 Å². The summed E-state index contributed by atoms with van der Waals surface area (Å²) in [4.78, 5) is 25.5. The molecule has 0 aliphatic heterocycles. The highest BCUT2D eigenvalue weighted by molar-refractivity contribution is 8.00. The van der Waals surface area contributed by atoms with Crippen molar-refractivity contribution in [2.24, 2.45) is 0 Å². The Bertz CT molecular complexity index is 2010. The third kappa shape index (κ3) is 8.55.